The first-order valence-corrected chi connectivity index (χ1v) is 6.99. The Morgan fingerprint density at radius 1 is 1.42 bits per heavy atom. The number of ether oxygens (including phenoxy) is 1. The van der Waals surface area contributed by atoms with E-state index in [0.29, 0.717) is 6.54 Å². The van der Waals surface area contributed by atoms with Gasteiger partial charge in [-0.2, -0.15) is 0 Å². The van der Waals surface area contributed by atoms with Gasteiger partial charge in [0, 0.05) is 12.2 Å². The van der Waals surface area contributed by atoms with Crippen LogP contribution < -0.4 is 11.1 Å². The summed E-state index contributed by atoms with van der Waals surface area (Å²) in [6.45, 7) is 2.61. The molecule has 0 spiro atoms. The van der Waals surface area contributed by atoms with Crippen LogP contribution in [0.4, 0.5) is 5.69 Å². The fourth-order valence-electron chi connectivity index (χ4n) is 2.41. The number of nitrogens with two attached hydrogens (primary N) is 1. The van der Waals surface area contributed by atoms with Crippen LogP contribution in [0, 0.1) is 0 Å². The van der Waals surface area contributed by atoms with Gasteiger partial charge in [-0.1, -0.05) is 31.5 Å². The fraction of sp³-hybridized carbons (Fsp3) is 0.533. The van der Waals surface area contributed by atoms with Gasteiger partial charge in [0.1, 0.15) is 6.10 Å². The molecule has 4 heteroatoms. The fourth-order valence-corrected chi connectivity index (χ4v) is 2.41. The number of benzene rings is 1. The number of anilines is 1. The predicted molar refractivity (Wildman–Crippen MR) is 76.0 cm³/mol. The quantitative estimate of drug-likeness (QED) is 0.854. The molecule has 1 aliphatic rings. The van der Waals surface area contributed by atoms with Gasteiger partial charge in [0.15, 0.2) is 0 Å². The van der Waals surface area contributed by atoms with E-state index in [1.807, 2.05) is 18.2 Å². The second-order valence-electron chi connectivity index (χ2n) is 4.96. The van der Waals surface area contributed by atoms with Gasteiger partial charge in [0.25, 0.3) is 5.91 Å². The number of hydrogen-bond donors (Lipinski definition) is 2. The molecule has 4 nitrogen and oxygen atoms in total. The Morgan fingerprint density at radius 2 is 2.21 bits per heavy atom. The van der Waals surface area contributed by atoms with Crippen LogP contribution in [-0.2, 0) is 16.0 Å². The summed E-state index contributed by atoms with van der Waals surface area (Å²) in [5.74, 6) is -0.0560. The van der Waals surface area contributed by atoms with Crippen LogP contribution in [0.15, 0.2) is 24.3 Å². The third-order valence-electron chi connectivity index (χ3n) is 3.46. The van der Waals surface area contributed by atoms with Gasteiger partial charge in [-0.3, -0.25) is 4.79 Å². The van der Waals surface area contributed by atoms with Gasteiger partial charge in [0.05, 0.1) is 6.10 Å². The molecular formula is C15H22N2O2. The van der Waals surface area contributed by atoms with Crippen molar-refractivity contribution in [2.75, 3.05) is 11.9 Å². The molecule has 19 heavy (non-hydrogen) atoms. The van der Waals surface area contributed by atoms with Crippen LogP contribution in [0.2, 0.25) is 0 Å². The minimum absolute atomic E-state index is 0.0293. The highest BCUT2D eigenvalue weighted by atomic mass is 16.5. The van der Waals surface area contributed by atoms with E-state index >= 15 is 0 Å². The molecule has 104 valence electrons. The largest absolute Gasteiger partial charge is 0.364 e. The van der Waals surface area contributed by atoms with Crippen molar-refractivity contribution in [1.29, 1.82) is 0 Å². The summed E-state index contributed by atoms with van der Waals surface area (Å²) in [6.07, 6.45) is 3.31. The summed E-state index contributed by atoms with van der Waals surface area (Å²) >= 11 is 0. The SMILES string of the molecule is CCCc1ccccc1NC(=O)C1CCC(CN)O1. The molecule has 0 aromatic heterocycles. The van der Waals surface area contributed by atoms with E-state index in [-0.39, 0.29) is 18.1 Å². The molecule has 1 fully saturated rings. The Morgan fingerprint density at radius 3 is 2.89 bits per heavy atom. The molecule has 2 atom stereocenters. The number of carbonyl (C=O) groups excluding carboxylic acids is 1. The van der Waals surface area contributed by atoms with Gasteiger partial charge >= 0.3 is 0 Å². The van der Waals surface area contributed by atoms with E-state index < -0.39 is 0 Å². The minimum atomic E-state index is -0.358. The molecule has 2 rings (SSSR count). The molecule has 0 radical (unpaired) electrons. The molecule has 0 bridgehead atoms. The zero-order valence-electron chi connectivity index (χ0n) is 11.4. The highest BCUT2D eigenvalue weighted by molar-refractivity contribution is 5.95. The Balaban J connectivity index is 1.99. The van der Waals surface area contributed by atoms with E-state index in [4.69, 9.17) is 10.5 Å². The summed E-state index contributed by atoms with van der Waals surface area (Å²) < 4.78 is 5.61. The van der Waals surface area contributed by atoms with Gasteiger partial charge in [0.2, 0.25) is 0 Å². The lowest BCUT2D eigenvalue weighted by molar-refractivity contribution is -0.126. The normalized spacial score (nSPS) is 22.4. The average molecular weight is 262 g/mol. The van der Waals surface area contributed by atoms with Crippen molar-refractivity contribution in [2.24, 2.45) is 5.73 Å². The van der Waals surface area contributed by atoms with Crippen molar-refractivity contribution in [2.45, 2.75) is 44.8 Å². The average Bonchev–Trinajstić information content (AvgIpc) is 2.90. The van der Waals surface area contributed by atoms with Crippen LogP contribution in [0.25, 0.3) is 0 Å². The van der Waals surface area contributed by atoms with E-state index in [2.05, 4.69) is 18.3 Å². The topological polar surface area (TPSA) is 64.4 Å². The summed E-state index contributed by atoms with van der Waals surface area (Å²) in [5, 5.41) is 2.98. The number of nitrogens with one attached hydrogen (secondary N) is 1. The smallest absolute Gasteiger partial charge is 0.253 e. The standard InChI is InChI=1S/C15H22N2O2/c1-2-5-11-6-3-4-7-13(11)17-15(18)14-9-8-12(10-16)19-14/h3-4,6-7,12,14H,2,5,8-10,16H2,1H3,(H,17,18). The summed E-state index contributed by atoms with van der Waals surface area (Å²) in [5.41, 5.74) is 7.63. The first kappa shape index (κ1) is 14.0. The molecular weight excluding hydrogens is 240 g/mol. The molecule has 0 aliphatic carbocycles. The molecule has 0 saturated carbocycles. The molecule has 1 aromatic carbocycles. The molecule has 1 amide bonds. The summed E-state index contributed by atoms with van der Waals surface area (Å²) in [6, 6.07) is 7.93. The Bertz CT molecular complexity index is 434. The van der Waals surface area contributed by atoms with Crippen molar-refractivity contribution in [3.8, 4) is 0 Å². The molecule has 1 aliphatic heterocycles. The van der Waals surface area contributed by atoms with Crippen LogP contribution >= 0.6 is 0 Å². The number of carbonyl (C=O) groups is 1. The first-order chi connectivity index (χ1) is 9.24. The second-order valence-corrected chi connectivity index (χ2v) is 4.96. The van der Waals surface area contributed by atoms with Crippen molar-refractivity contribution in [1.82, 2.24) is 0 Å². The third kappa shape index (κ3) is 3.55. The van der Waals surface area contributed by atoms with Crippen LogP contribution in [0.1, 0.15) is 31.7 Å². The number of hydrogen-bond acceptors (Lipinski definition) is 3. The van der Waals surface area contributed by atoms with Crippen LogP contribution in [0.3, 0.4) is 0 Å². The molecule has 2 unspecified atom stereocenters. The zero-order chi connectivity index (χ0) is 13.7. The maximum absolute atomic E-state index is 12.2. The van der Waals surface area contributed by atoms with E-state index in [1.54, 1.807) is 0 Å². The zero-order valence-corrected chi connectivity index (χ0v) is 11.4. The lowest BCUT2D eigenvalue weighted by Crippen LogP contribution is -2.30. The van der Waals surface area contributed by atoms with Gasteiger partial charge in [-0.05, 0) is 30.9 Å². The monoisotopic (exact) mass is 262 g/mol. The number of amides is 1. The van der Waals surface area contributed by atoms with Crippen LogP contribution in [-0.4, -0.2) is 24.7 Å². The number of rotatable bonds is 5. The summed E-state index contributed by atoms with van der Waals surface area (Å²) in [7, 11) is 0. The van der Waals surface area contributed by atoms with Crippen molar-refractivity contribution >= 4 is 11.6 Å². The Kier molecular flexibility index (Phi) is 4.93. The van der Waals surface area contributed by atoms with E-state index in [9.17, 15) is 4.79 Å². The lowest BCUT2D eigenvalue weighted by Gasteiger charge is -2.15. The Hall–Kier alpha value is -1.39. The number of para-hydroxylation sites is 1. The molecule has 3 N–H and O–H groups in total. The van der Waals surface area contributed by atoms with Gasteiger partial charge in [-0.15, -0.1) is 0 Å². The third-order valence-corrected chi connectivity index (χ3v) is 3.46. The maximum Gasteiger partial charge on any atom is 0.253 e. The van der Waals surface area contributed by atoms with Crippen molar-refractivity contribution in [3.63, 3.8) is 0 Å². The molecule has 1 saturated heterocycles. The number of aryl methyl sites for hydroxylation is 1. The molecule has 1 aromatic rings. The van der Waals surface area contributed by atoms with Crippen LogP contribution in [0.5, 0.6) is 0 Å². The highest BCUT2D eigenvalue weighted by Gasteiger charge is 2.29. The Labute approximate surface area is 114 Å². The second kappa shape index (κ2) is 6.68. The first-order valence-electron chi connectivity index (χ1n) is 6.99. The maximum atomic E-state index is 12.2. The highest BCUT2D eigenvalue weighted by Crippen LogP contribution is 2.22. The minimum Gasteiger partial charge on any atom is -0.364 e. The van der Waals surface area contributed by atoms with Gasteiger partial charge in [-0.25, -0.2) is 0 Å². The molecule has 1 heterocycles. The lowest BCUT2D eigenvalue weighted by atomic mass is 10.1. The van der Waals surface area contributed by atoms with Crippen molar-refractivity contribution in [3.05, 3.63) is 29.8 Å². The van der Waals surface area contributed by atoms with E-state index in [1.165, 1.54) is 5.56 Å². The predicted octanol–water partition coefficient (Wildman–Crippen LogP) is 2.08. The van der Waals surface area contributed by atoms with Gasteiger partial charge < -0.3 is 15.8 Å². The van der Waals surface area contributed by atoms with Crippen molar-refractivity contribution < 1.29 is 9.53 Å². The summed E-state index contributed by atoms with van der Waals surface area (Å²) in [4.78, 5) is 12.2. The van der Waals surface area contributed by atoms with E-state index in [0.717, 1.165) is 31.4 Å².